The molecule has 2 aromatic carbocycles. The van der Waals surface area contributed by atoms with Crippen molar-refractivity contribution in [3.63, 3.8) is 0 Å². The Morgan fingerprint density at radius 3 is 2.62 bits per heavy atom. The number of fused-ring (bicyclic) bond motifs is 3. The lowest BCUT2D eigenvalue weighted by molar-refractivity contribution is -0.138. The minimum Gasteiger partial charge on any atom is -0.378 e. The maximum atomic E-state index is 13.5. The molecule has 1 aliphatic heterocycles. The van der Waals surface area contributed by atoms with Crippen LogP contribution in [0.5, 0.6) is 0 Å². The molecule has 2 aliphatic rings. The van der Waals surface area contributed by atoms with E-state index < -0.39 is 11.7 Å². The minimum absolute atomic E-state index is 0.114. The van der Waals surface area contributed by atoms with Crippen LogP contribution in [0.2, 0.25) is 0 Å². The number of alkyl halides is 3. The largest absolute Gasteiger partial charge is 0.416 e. The lowest BCUT2D eigenvalue weighted by Gasteiger charge is -2.38. The number of anilines is 1. The molecule has 0 fully saturated rings. The van der Waals surface area contributed by atoms with E-state index in [1.807, 2.05) is 19.1 Å². The van der Waals surface area contributed by atoms with Gasteiger partial charge in [-0.15, -0.1) is 0 Å². The molecule has 1 heterocycles. The molecule has 3 atom stereocenters. The summed E-state index contributed by atoms with van der Waals surface area (Å²) in [5.41, 5.74) is 3.10. The second-order valence-electron chi connectivity index (χ2n) is 6.65. The average Bonchev–Trinajstić information content (AvgIpc) is 3.03. The molecule has 1 nitrogen and oxygen atoms in total. The fourth-order valence-corrected chi connectivity index (χ4v) is 4.05. The maximum absolute atomic E-state index is 13.5. The lowest BCUT2D eigenvalue weighted by atomic mass is 9.76. The Morgan fingerprint density at radius 2 is 1.83 bits per heavy atom. The van der Waals surface area contributed by atoms with E-state index in [1.165, 1.54) is 23.3 Å². The number of hydrogen-bond acceptors (Lipinski definition) is 1. The van der Waals surface area contributed by atoms with E-state index in [0.29, 0.717) is 5.56 Å². The molecule has 0 saturated carbocycles. The number of hydrogen-bond donors (Lipinski definition) is 1. The Bertz CT molecular complexity index is 807. The quantitative estimate of drug-likeness (QED) is 0.648. The first kappa shape index (κ1) is 15.3. The first-order valence-corrected chi connectivity index (χ1v) is 8.15. The van der Waals surface area contributed by atoms with Gasteiger partial charge in [0.05, 0.1) is 11.6 Å². The third-order valence-electron chi connectivity index (χ3n) is 5.12. The average molecular weight is 329 g/mol. The molecule has 0 aromatic heterocycles. The van der Waals surface area contributed by atoms with Crippen molar-refractivity contribution in [2.24, 2.45) is 5.92 Å². The first-order valence-electron chi connectivity index (χ1n) is 8.15. The van der Waals surface area contributed by atoms with E-state index in [0.717, 1.165) is 12.1 Å². The number of allylic oxidation sites excluding steroid dienone is 2. The summed E-state index contributed by atoms with van der Waals surface area (Å²) in [6, 6.07) is 11.7. The summed E-state index contributed by atoms with van der Waals surface area (Å²) in [6.07, 6.45) is 0.694. The number of halogens is 3. The van der Waals surface area contributed by atoms with Crippen LogP contribution in [-0.4, -0.2) is 0 Å². The van der Waals surface area contributed by atoms with Crippen LogP contribution in [0.15, 0.2) is 54.6 Å². The van der Waals surface area contributed by atoms with Crippen molar-refractivity contribution >= 4 is 5.69 Å². The zero-order chi connectivity index (χ0) is 16.9. The number of benzene rings is 2. The molecule has 0 spiro atoms. The Balaban J connectivity index is 1.83. The van der Waals surface area contributed by atoms with Crippen LogP contribution in [0, 0.1) is 12.8 Å². The van der Waals surface area contributed by atoms with Crippen molar-refractivity contribution in [2.75, 3.05) is 5.32 Å². The van der Waals surface area contributed by atoms with Gasteiger partial charge in [0, 0.05) is 11.6 Å². The van der Waals surface area contributed by atoms with Gasteiger partial charge in [-0.1, -0.05) is 48.0 Å². The Morgan fingerprint density at radius 1 is 1.04 bits per heavy atom. The zero-order valence-corrected chi connectivity index (χ0v) is 13.3. The minimum atomic E-state index is -4.34. The van der Waals surface area contributed by atoms with E-state index in [-0.39, 0.29) is 17.9 Å². The molecule has 0 saturated heterocycles. The topological polar surface area (TPSA) is 12.0 Å². The van der Waals surface area contributed by atoms with Gasteiger partial charge < -0.3 is 5.32 Å². The summed E-state index contributed by atoms with van der Waals surface area (Å²) in [6.45, 7) is 2.04. The molecule has 4 rings (SSSR count). The molecule has 4 heteroatoms. The molecule has 1 aliphatic carbocycles. The van der Waals surface area contributed by atoms with Crippen LogP contribution >= 0.6 is 0 Å². The zero-order valence-electron chi connectivity index (χ0n) is 13.3. The second kappa shape index (κ2) is 5.40. The van der Waals surface area contributed by atoms with Crippen LogP contribution in [0.25, 0.3) is 0 Å². The Labute approximate surface area is 139 Å². The smallest absolute Gasteiger partial charge is 0.378 e. The van der Waals surface area contributed by atoms with E-state index in [2.05, 4.69) is 23.5 Å². The summed E-state index contributed by atoms with van der Waals surface area (Å²) in [7, 11) is 0. The van der Waals surface area contributed by atoms with Gasteiger partial charge in [0.1, 0.15) is 0 Å². The van der Waals surface area contributed by atoms with Crippen molar-refractivity contribution in [3.05, 3.63) is 76.9 Å². The van der Waals surface area contributed by atoms with Crippen LogP contribution in [0.3, 0.4) is 0 Å². The highest BCUT2D eigenvalue weighted by atomic mass is 19.4. The molecule has 0 bridgehead atoms. The van der Waals surface area contributed by atoms with Gasteiger partial charge in [0.15, 0.2) is 0 Å². The molecule has 124 valence electrons. The van der Waals surface area contributed by atoms with E-state index in [9.17, 15) is 13.2 Å². The Kier molecular flexibility index (Phi) is 3.44. The van der Waals surface area contributed by atoms with Crippen LogP contribution < -0.4 is 5.32 Å². The van der Waals surface area contributed by atoms with Gasteiger partial charge in [-0.05, 0) is 42.5 Å². The Hall–Kier alpha value is -2.23. The molecule has 2 aromatic rings. The highest BCUT2D eigenvalue weighted by Crippen LogP contribution is 2.51. The van der Waals surface area contributed by atoms with E-state index in [1.54, 1.807) is 12.1 Å². The SMILES string of the molecule is Cc1ccc2c(c1)[C@@H]1C=CC[C@@H]1[C@@H](c1ccccc1C(F)(F)F)N2. The van der Waals surface area contributed by atoms with Crippen molar-refractivity contribution in [1.82, 2.24) is 0 Å². The molecule has 1 N–H and O–H groups in total. The second-order valence-corrected chi connectivity index (χ2v) is 6.65. The van der Waals surface area contributed by atoms with Gasteiger partial charge in [0.2, 0.25) is 0 Å². The fourth-order valence-electron chi connectivity index (χ4n) is 4.05. The molecule has 24 heavy (non-hydrogen) atoms. The van der Waals surface area contributed by atoms with Gasteiger partial charge in [0.25, 0.3) is 0 Å². The molecular weight excluding hydrogens is 311 g/mol. The van der Waals surface area contributed by atoms with Gasteiger partial charge in [-0.25, -0.2) is 0 Å². The molecule has 0 unspecified atom stereocenters. The van der Waals surface area contributed by atoms with Crippen molar-refractivity contribution in [3.8, 4) is 0 Å². The highest BCUT2D eigenvalue weighted by Gasteiger charge is 2.42. The number of aryl methyl sites for hydroxylation is 1. The first-order chi connectivity index (χ1) is 11.4. The van der Waals surface area contributed by atoms with E-state index in [4.69, 9.17) is 0 Å². The summed E-state index contributed by atoms with van der Waals surface area (Å²) in [5.74, 6) is 0.287. The van der Waals surface area contributed by atoms with Crippen molar-refractivity contribution in [1.29, 1.82) is 0 Å². The predicted molar refractivity (Wildman–Crippen MR) is 89.0 cm³/mol. The van der Waals surface area contributed by atoms with Crippen LogP contribution in [-0.2, 0) is 6.18 Å². The maximum Gasteiger partial charge on any atom is 0.416 e. The summed E-state index contributed by atoms with van der Waals surface area (Å²) in [4.78, 5) is 0. The van der Waals surface area contributed by atoms with Crippen molar-refractivity contribution < 1.29 is 13.2 Å². The molecule has 0 radical (unpaired) electrons. The van der Waals surface area contributed by atoms with Crippen LogP contribution in [0.1, 0.15) is 40.6 Å². The predicted octanol–water partition coefficient (Wildman–Crippen LogP) is 5.84. The fraction of sp³-hybridized carbons (Fsp3) is 0.300. The standard InChI is InChI=1S/C20H18F3N/c1-12-9-10-18-16(11-12)13-6-4-7-14(13)19(24-18)15-5-2-3-8-17(15)20(21,22)23/h2-6,8-11,13-14,19,24H,7H2,1H3/t13-,14+,19+/m1/s1. The van der Waals surface area contributed by atoms with E-state index >= 15 is 0 Å². The third-order valence-corrected chi connectivity index (χ3v) is 5.12. The monoisotopic (exact) mass is 329 g/mol. The molecule has 0 amide bonds. The third kappa shape index (κ3) is 2.41. The summed E-state index contributed by atoms with van der Waals surface area (Å²) < 4.78 is 40.4. The van der Waals surface area contributed by atoms with Crippen molar-refractivity contribution in [2.45, 2.75) is 31.5 Å². The lowest BCUT2D eigenvalue weighted by Crippen LogP contribution is -2.30. The molecular formula is C20H18F3N. The normalized spacial score (nSPS) is 25.1. The number of rotatable bonds is 1. The van der Waals surface area contributed by atoms with Gasteiger partial charge in [-0.2, -0.15) is 13.2 Å². The summed E-state index contributed by atoms with van der Waals surface area (Å²) in [5, 5.41) is 3.38. The summed E-state index contributed by atoms with van der Waals surface area (Å²) >= 11 is 0. The van der Waals surface area contributed by atoms with Gasteiger partial charge >= 0.3 is 6.18 Å². The number of nitrogens with one attached hydrogen (secondary N) is 1. The van der Waals surface area contributed by atoms with Gasteiger partial charge in [-0.3, -0.25) is 0 Å². The highest BCUT2D eigenvalue weighted by molar-refractivity contribution is 5.61. The van der Waals surface area contributed by atoms with Crippen LogP contribution in [0.4, 0.5) is 18.9 Å².